The van der Waals surface area contributed by atoms with E-state index in [1.165, 1.54) is 17.0 Å². The molecule has 1 saturated heterocycles. The first-order valence-corrected chi connectivity index (χ1v) is 13.2. The number of carbonyl (C=O) groups is 2. The SMILES string of the molecule is CCOc1ccc(/C(O)=C2/C(=O)C(=O)N(c3ccc(OCC)c(OCC)c3)C2c2ccc(O)cc2)c(OCC)c1. The summed E-state index contributed by atoms with van der Waals surface area (Å²) in [5.41, 5.74) is 1.01. The van der Waals surface area contributed by atoms with Gasteiger partial charge in [0.1, 0.15) is 23.0 Å². The molecule has 1 aliphatic heterocycles. The van der Waals surface area contributed by atoms with Gasteiger partial charge in [0.15, 0.2) is 11.5 Å². The van der Waals surface area contributed by atoms with Crippen LogP contribution in [0.3, 0.4) is 0 Å². The number of ketones is 1. The molecule has 0 saturated carbocycles. The Bertz CT molecular complexity index is 1410. The lowest BCUT2D eigenvalue weighted by Gasteiger charge is -2.26. The number of rotatable bonds is 11. The summed E-state index contributed by atoms with van der Waals surface area (Å²) in [6.07, 6.45) is 0. The molecule has 210 valence electrons. The molecule has 0 bridgehead atoms. The normalized spacial score (nSPS) is 16.2. The highest BCUT2D eigenvalue weighted by Gasteiger charge is 2.47. The van der Waals surface area contributed by atoms with Crippen molar-refractivity contribution in [2.75, 3.05) is 31.3 Å². The summed E-state index contributed by atoms with van der Waals surface area (Å²) in [6.45, 7) is 8.86. The lowest BCUT2D eigenvalue weighted by atomic mass is 9.94. The van der Waals surface area contributed by atoms with Crippen molar-refractivity contribution >= 4 is 23.1 Å². The van der Waals surface area contributed by atoms with E-state index in [9.17, 15) is 19.8 Å². The van der Waals surface area contributed by atoms with Gasteiger partial charge in [-0.05, 0) is 69.7 Å². The van der Waals surface area contributed by atoms with Gasteiger partial charge in [-0.1, -0.05) is 12.1 Å². The minimum absolute atomic E-state index is 0.0190. The third-order valence-electron chi connectivity index (χ3n) is 6.28. The fraction of sp³-hybridized carbons (Fsp3) is 0.290. The fourth-order valence-corrected chi connectivity index (χ4v) is 4.64. The summed E-state index contributed by atoms with van der Waals surface area (Å²) in [5, 5.41) is 21.5. The minimum Gasteiger partial charge on any atom is -0.508 e. The number of aliphatic hydroxyl groups excluding tert-OH is 1. The molecule has 1 aliphatic rings. The standard InChI is InChI=1S/C31H33NO8/c1-5-37-22-14-15-23(25(18-22)39-7-3)29(34)27-28(19-9-12-21(33)13-10-19)32(31(36)30(27)35)20-11-16-24(38-6-2)26(17-20)40-8-4/h9-18,28,33-34H,5-8H2,1-4H3/b29-27-. The van der Waals surface area contributed by atoms with Crippen molar-refractivity contribution in [3.63, 3.8) is 0 Å². The summed E-state index contributed by atoms with van der Waals surface area (Å²) >= 11 is 0. The topological polar surface area (TPSA) is 115 Å². The van der Waals surface area contributed by atoms with Crippen LogP contribution in [0.5, 0.6) is 28.7 Å². The Hall–Kier alpha value is -4.66. The number of phenolic OH excluding ortho intramolecular Hbond substituents is 1. The summed E-state index contributed by atoms with van der Waals surface area (Å²) in [5.74, 6) is -0.294. The Morgan fingerprint density at radius 3 is 2.02 bits per heavy atom. The van der Waals surface area contributed by atoms with Gasteiger partial charge in [0.05, 0.1) is 43.6 Å². The van der Waals surface area contributed by atoms with E-state index in [4.69, 9.17) is 18.9 Å². The van der Waals surface area contributed by atoms with Crippen molar-refractivity contribution in [1.82, 2.24) is 0 Å². The number of anilines is 1. The second-order valence-electron chi connectivity index (χ2n) is 8.78. The summed E-state index contributed by atoms with van der Waals surface area (Å²) in [6, 6.07) is 15.0. The van der Waals surface area contributed by atoms with E-state index in [0.29, 0.717) is 60.7 Å². The number of amides is 1. The van der Waals surface area contributed by atoms with Crippen LogP contribution in [-0.2, 0) is 9.59 Å². The number of carbonyl (C=O) groups excluding carboxylic acids is 2. The molecule has 0 radical (unpaired) electrons. The molecule has 0 aliphatic carbocycles. The van der Waals surface area contributed by atoms with Crippen molar-refractivity contribution in [1.29, 1.82) is 0 Å². The monoisotopic (exact) mass is 547 g/mol. The van der Waals surface area contributed by atoms with Gasteiger partial charge in [-0.2, -0.15) is 0 Å². The molecular formula is C31H33NO8. The lowest BCUT2D eigenvalue weighted by Crippen LogP contribution is -2.29. The van der Waals surface area contributed by atoms with Crippen molar-refractivity contribution < 1.29 is 38.7 Å². The molecule has 1 unspecified atom stereocenters. The van der Waals surface area contributed by atoms with Gasteiger partial charge in [0.25, 0.3) is 11.7 Å². The first kappa shape index (κ1) is 28.4. The highest BCUT2D eigenvalue weighted by atomic mass is 16.5. The van der Waals surface area contributed by atoms with Gasteiger partial charge >= 0.3 is 0 Å². The molecule has 3 aromatic carbocycles. The van der Waals surface area contributed by atoms with Gasteiger partial charge in [-0.15, -0.1) is 0 Å². The summed E-state index contributed by atoms with van der Waals surface area (Å²) in [4.78, 5) is 28.5. The van der Waals surface area contributed by atoms with Crippen LogP contribution in [0.2, 0.25) is 0 Å². The van der Waals surface area contributed by atoms with Crippen LogP contribution in [0.1, 0.15) is 44.9 Å². The smallest absolute Gasteiger partial charge is 0.300 e. The van der Waals surface area contributed by atoms with Gasteiger partial charge in [0.2, 0.25) is 0 Å². The van der Waals surface area contributed by atoms with E-state index in [1.54, 1.807) is 55.5 Å². The Balaban J connectivity index is 1.93. The highest BCUT2D eigenvalue weighted by molar-refractivity contribution is 6.51. The first-order valence-electron chi connectivity index (χ1n) is 13.2. The molecule has 40 heavy (non-hydrogen) atoms. The van der Waals surface area contributed by atoms with Gasteiger partial charge in [-0.3, -0.25) is 14.5 Å². The highest BCUT2D eigenvalue weighted by Crippen LogP contribution is 2.45. The molecular weight excluding hydrogens is 514 g/mol. The molecule has 3 aromatic rings. The van der Waals surface area contributed by atoms with E-state index in [-0.39, 0.29) is 22.6 Å². The molecule has 1 heterocycles. The predicted octanol–water partition coefficient (Wildman–Crippen LogP) is 5.61. The Labute approximate surface area is 233 Å². The average molecular weight is 548 g/mol. The summed E-state index contributed by atoms with van der Waals surface area (Å²) < 4.78 is 22.8. The van der Waals surface area contributed by atoms with Crippen molar-refractivity contribution in [3.05, 3.63) is 77.4 Å². The molecule has 1 amide bonds. The maximum absolute atomic E-state index is 13.6. The van der Waals surface area contributed by atoms with Crippen molar-refractivity contribution in [2.45, 2.75) is 33.7 Å². The van der Waals surface area contributed by atoms with Crippen LogP contribution in [0.4, 0.5) is 5.69 Å². The average Bonchev–Trinajstić information content (AvgIpc) is 3.20. The van der Waals surface area contributed by atoms with Crippen LogP contribution in [0, 0.1) is 0 Å². The molecule has 4 rings (SSSR count). The number of Topliss-reactive ketones (excluding diaryl/α,β-unsaturated/α-hetero) is 1. The molecule has 2 N–H and O–H groups in total. The molecule has 0 spiro atoms. The van der Waals surface area contributed by atoms with Gasteiger partial charge in [-0.25, -0.2) is 0 Å². The molecule has 9 nitrogen and oxygen atoms in total. The second kappa shape index (κ2) is 12.5. The van der Waals surface area contributed by atoms with Crippen LogP contribution < -0.4 is 23.8 Å². The fourth-order valence-electron chi connectivity index (χ4n) is 4.64. The molecule has 1 atom stereocenters. The predicted molar refractivity (Wildman–Crippen MR) is 150 cm³/mol. The van der Waals surface area contributed by atoms with Crippen LogP contribution in [-0.4, -0.2) is 48.3 Å². The minimum atomic E-state index is -1.01. The van der Waals surface area contributed by atoms with E-state index < -0.39 is 17.7 Å². The second-order valence-corrected chi connectivity index (χ2v) is 8.78. The third kappa shape index (κ3) is 5.54. The number of benzene rings is 3. The Morgan fingerprint density at radius 1 is 0.750 bits per heavy atom. The van der Waals surface area contributed by atoms with Crippen molar-refractivity contribution in [3.8, 4) is 28.7 Å². The van der Waals surface area contributed by atoms with Crippen LogP contribution in [0.15, 0.2) is 66.2 Å². The zero-order valence-electron chi connectivity index (χ0n) is 23.0. The number of aliphatic hydroxyl groups is 1. The maximum atomic E-state index is 13.6. The number of hydrogen-bond donors (Lipinski definition) is 2. The van der Waals surface area contributed by atoms with E-state index >= 15 is 0 Å². The number of nitrogens with zero attached hydrogens (tertiary/aromatic N) is 1. The quantitative estimate of drug-likeness (QED) is 0.181. The lowest BCUT2D eigenvalue weighted by molar-refractivity contribution is -0.132. The zero-order chi connectivity index (χ0) is 28.8. The maximum Gasteiger partial charge on any atom is 0.300 e. The van der Waals surface area contributed by atoms with E-state index in [1.807, 2.05) is 20.8 Å². The summed E-state index contributed by atoms with van der Waals surface area (Å²) in [7, 11) is 0. The Morgan fingerprint density at radius 2 is 1.38 bits per heavy atom. The number of hydrogen-bond acceptors (Lipinski definition) is 8. The first-order chi connectivity index (χ1) is 19.3. The molecule has 0 aromatic heterocycles. The number of ether oxygens (including phenoxy) is 4. The third-order valence-corrected chi connectivity index (χ3v) is 6.28. The molecule has 1 fully saturated rings. The van der Waals surface area contributed by atoms with Crippen LogP contribution >= 0.6 is 0 Å². The zero-order valence-corrected chi connectivity index (χ0v) is 23.0. The molecule has 9 heteroatoms. The van der Waals surface area contributed by atoms with Gasteiger partial charge in [0, 0.05) is 17.8 Å². The van der Waals surface area contributed by atoms with Gasteiger partial charge < -0.3 is 29.2 Å². The van der Waals surface area contributed by atoms with E-state index in [0.717, 1.165) is 0 Å². The Kier molecular flexibility index (Phi) is 8.83. The van der Waals surface area contributed by atoms with Crippen LogP contribution in [0.25, 0.3) is 5.76 Å². The largest absolute Gasteiger partial charge is 0.508 e. The van der Waals surface area contributed by atoms with Crippen molar-refractivity contribution in [2.24, 2.45) is 0 Å². The van der Waals surface area contributed by atoms with E-state index in [2.05, 4.69) is 0 Å². The number of aromatic hydroxyl groups is 1. The number of phenols is 1.